The van der Waals surface area contributed by atoms with E-state index in [0.29, 0.717) is 15.6 Å². The van der Waals surface area contributed by atoms with Crippen LogP contribution in [0, 0.1) is 0 Å². The number of hydrogen-bond acceptors (Lipinski definition) is 5. The summed E-state index contributed by atoms with van der Waals surface area (Å²) in [5.74, 6) is -0.813. The number of sulfonamides is 1. The lowest BCUT2D eigenvalue weighted by atomic mass is 9.96. The molecule has 0 bridgehead atoms. The van der Waals surface area contributed by atoms with Gasteiger partial charge in [0.15, 0.2) is 0 Å². The van der Waals surface area contributed by atoms with Crippen molar-refractivity contribution in [2.75, 3.05) is 13.1 Å². The summed E-state index contributed by atoms with van der Waals surface area (Å²) in [5.41, 5.74) is 6.80. The number of fused-ring (bicyclic) bond motifs is 1. The van der Waals surface area contributed by atoms with E-state index in [4.69, 9.17) is 52.1 Å². The van der Waals surface area contributed by atoms with E-state index in [1.54, 1.807) is 23.1 Å². The molecule has 3 unspecified atom stereocenters. The first-order valence-electron chi connectivity index (χ1n) is 11.1. The molecule has 8 nitrogen and oxygen atoms in total. The van der Waals surface area contributed by atoms with E-state index in [1.807, 2.05) is 13.8 Å². The number of amides is 2. The number of carbonyl (C=O) groups is 2. The quantitative estimate of drug-likeness (QED) is 0.570. The number of hydrogen-bond donors (Lipinski definition) is 1. The Labute approximate surface area is 229 Å². The van der Waals surface area contributed by atoms with Crippen LogP contribution in [0.2, 0.25) is 20.1 Å². The van der Waals surface area contributed by atoms with Gasteiger partial charge in [0.05, 0.1) is 27.7 Å². The van der Waals surface area contributed by atoms with Crippen molar-refractivity contribution >= 4 is 68.2 Å². The Morgan fingerprint density at radius 3 is 2.25 bits per heavy atom. The highest BCUT2D eigenvalue weighted by atomic mass is 35.5. The van der Waals surface area contributed by atoms with Crippen molar-refractivity contribution in [2.45, 2.75) is 49.5 Å². The van der Waals surface area contributed by atoms with Crippen molar-refractivity contribution in [3.63, 3.8) is 0 Å². The number of nitrogens with zero attached hydrogens (tertiary/aromatic N) is 3. The highest BCUT2D eigenvalue weighted by Gasteiger charge is 2.53. The second kappa shape index (κ2) is 10.3. The second-order valence-electron chi connectivity index (χ2n) is 9.03. The van der Waals surface area contributed by atoms with E-state index in [0.717, 1.165) is 4.31 Å². The Bertz CT molecular complexity index is 1320. The summed E-state index contributed by atoms with van der Waals surface area (Å²) in [6.45, 7) is 3.38. The summed E-state index contributed by atoms with van der Waals surface area (Å²) in [7, 11) is -4.22. The van der Waals surface area contributed by atoms with E-state index in [-0.39, 0.29) is 46.4 Å². The van der Waals surface area contributed by atoms with E-state index in [2.05, 4.69) is 0 Å². The van der Waals surface area contributed by atoms with Crippen LogP contribution in [0.3, 0.4) is 0 Å². The van der Waals surface area contributed by atoms with Gasteiger partial charge in [0.1, 0.15) is 17.1 Å². The van der Waals surface area contributed by atoms with Gasteiger partial charge >= 0.3 is 0 Å². The average Bonchev–Trinajstić information content (AvgIpc) is 2.79. The largest absolute Gasteiger partial charge is 0.335 e. The van der Waals surface area contributed by atoms with Crippen LogP contribution < -0.4 is 5.73 Å². The van der Waals surface area contributed by atoms with Crippen molar-refractivity contribution in [3.8, 4) is 0 Å². The van der Waals surface area contributed by atoms with Gasteiger partial charge in [-0.2, -0.15) is 4.31 Å². The van der Waals surface area contributed by atoms with Gasteiger partial charge in [0, 0.05) is 24.0 Å². The van der Waals surface area contributed by atoms with Crippen LogP contribution in [-0.4, -0.2) is 71.7 Å². The van der Waals surface area contributed by atoms with Crippen molar-refractivity contribution in [1.82, 2.24) is 14.1 Å². The molecule has 194 valence electrons. The molecule has 4 rings (SSSR count). The molecule has 2 amide bonds. The molecule has 0 saturated carbocycles. The van der Waals surface area contributed by atoms with Gasteiger partial charge in [-0.25, -0.2) is 8.42 Å². The Hall–Kier alpha value is -1.59. The Morgan fingerprint density at radius 2 is 1.64 bits per heavy atom. The lowest BCUT2D eigenvalue weighted by Crippen LogP contribution is -2.75. The molecular formula is C23H24Cl4N4O4S. The first kappa shape index (κ1) is 27.4. The molecule has 2 aromatic carbocycles. The first-order valence-corrected chi connectivity index (χ1v) is 14.1. The highest BCUT2D eigenvalue weighted by Crippen LogP contribution is 2.35. The van der Waals surface area contributed by atoms with Crippen molar-refractivity contribution < 1.29 is 18.0 Å². The van der Waals surface area contributed by atoms with Crippen molar-refractivity contribution in [3.05, 3.63) is 62.1 Å². The summed E-state index contributed by atoms with van der Waals surface area (Å²) in [6, 6.07) is 6.59. The lowest BCUT2D eigenvalue weighted by Gasteiger charge is -2.53. The van der Waals surface area contributed by atoms with E-state index >= 15 is 0 Å². The maximum atomic E-state index is 13.8. The Kier molecular flexibility index (Phi) is 7.84. The third-order valence-electron chi connectivity index (χ3n) is 6.38. The van der Waals surface area contributed by atoms with Gasteiger partial charge in [-0.15, -0.1) is 0 Å². The minimum absolute atomic E-state index is 0.0166. The lowest BCUT2D eigenvalue weighted by molar-refractivity contribution is -0.167. The molecule has 13 heteroatoms. The normalized spacial score (nSPS) is 23.4. The fourth-order valence-electron chi connectivity index (χ4n) is 4.60. The molecule has 2 aromatic rings. The zero-order valence-corrected chi connectivity index (χ0v) is 23.2. The number of halogens is 4. The maximum Gasteiger partial charge on any atom is 0.246 e. The van der Waals surface area contributed by atoms with Gasteiger partial charge < -0.3 is 15.5 Å². The van der Waals surface area contributed by atoms with Gasteiger partial charge in [0.2, 0.25) is 21.8 Å². The molecule has 0 radical (unpaired) electrons. The van der Waals surface area contributed by atoms with E-state index in [1.165, 1.54) is 23.1 Å². The fraction of sp³-hybridized carbons (Fsp3) is 0.391. The van der Waals surface area contributed by atoms with Crippen molar-refractivity contribution in [1.29, 1.82) is 0 Å². The van der Waals surface area contributed by atoms with Crippen LogP contribution in [0.1, 0.15) is 19.4 Å². The predicted octanol–water partition coefficient (Wildman–Crippen LogP) is 3.65. The first-order chi connectivity index (χ1) is 16.8. The molecule has 2 aliphatic rings. The van der Waals surface area contributed by atoms with E-state index in [9.17, 15) is 18.0 Å². The molecule has 2 N–H and O–H groups in total. The summed E-state index contributed by atoms with van der Waals surface area (Å²) >= 11 is 24.4. The molecule has 2 aliphatic heterocycles. The molecule has 0 spiro atoms. The van der Waals surface area contributed by atoms with Gasteiger partial charge in [-0.3, -0.25) is 9.59 Å². The summed E-state index contributed by atoms with van der Waals surface area (Å²) in [5, 5.41) is 0.879. The molecule has 0 aliphatic carbocycles. The van der Waals surface area contributed by atoms with Crippen LogP contribution in [0.25, 0.3) is 0 Å². The molecule has 3 atom stereocenters. The van der Waals surface area contributed by atoms with Gasteiger partial charge in [-0.05, 0) is 49.7 Å². The predicted molar refractivity (Wildman–Crippen MR) is 140 cm³/mol. The summed E-state index contributed by atoms with van der Waals surface area (Å²) in [4.78, 5) is 29.6. The zero-order valence-electron chi connectivity index (χ0n) is 19.4. The second-order valence-corrected chi connectivity index (χ2v) is 12.6. The summed E-state index contributed by atoms with van der Waals surface area (Å²) in [6.07, 6.45) is -0.884. The molecule has 2 fully saturated rings. The molecule has 36 heavy (non-hydrogen) atoms. The minimum atomic E-state index is -4.22. The van der Waals surface area contributed by atoms with Crippen molar-refractivity contribution in [2.24, 2.45) is 5.73 Å². The molecule has 2 heterocycles. The maximum absolute atomic E-state index is 13.8. The third-order valence-corrected chi connectivity index (χ3v) is 9.70. The highest BCUT2D eigenvalue weighted by molar-refractivity contribution is 7.89. The fourth-order valence-corrected chi connectivity index (χ4v) is 7.26. The minimum Gasteiger partial charge on any atom is -0.335 e. The van der Waals surface area contributed by atoms with Gasteiger partial charge in [0.25, 0.3) is 0 Å². The van der Waals surface area contributed by atoms with Crippen LogP contribution >= 0.6 is 46.4 Å². The average molecular weight is 594 g/mol. The zero-order chi connectivity index (χ0) is 26.5. The van der Waals surface area contributed by atoms with Gasteiger partial charge in [-0.1, -0.05) is 52.5 Å². The topological polar surface area (TPSA) is 104 Å². The number of piperazine rings is 1. The monoisotopic (exact) mass is 592 g/mol. The Balaban J connectivity index is 1.81. The number of benzene rings is 2. The third kappa shape index (κ3) is 4.95. The molecule has 0 aromatic heterocycles. The molecule has 2 saturated heterocycles. The van der Waals surface area contributed by atoms with Crippen LogP contribution in [0.4, 0.5) is 0 Å². The van der Waals surface area contributed by atoms with E-state index < -0.39 is 34.2 Å². The SMILES string of the molecule is CC(C)N1CC2N(C(=O)C(N)CN2S(=O)(=O)c2ccc(Cl)cc2Cl)C(Cc2ccc(Cl)c(Cl)c2)C1=O. The van der Waals surface area contributed by atoms with Crippen LogP contribution in [0.5, 0.6) is 0 Å². The smallest absolute Gasteiger partial charge is 0.246 e. The standard InChI is InChI=1S/C23H24Cl4N4O4S/c1-12(2)29-11-21-30(36(34,35)20-6-4-14(24)9-17(20)27)10-18(28)22(32)31(21)19(23(29)33)8-13-3-5-15(25)16(26)7-13/h3-7,9,12,18-19,21H,8,10-11,28H2,1-2H3. The number of carbonyl (C=O) groups excluding carboxylic acids is 2. The number of rotatable bonds is 5. The molecular weight excluding hydrogens is 570 g/mol. The van der Waals surface area contributed by atoms with Crippen LogP contribution in [0.15, 0.2) is 41.3 Å². The number of nitrogens with two attached hydrogens (primary N) is 1. The van der Waals surface area contributed by atoms with Crippen LogP contribution in [-0.2, 0) is 26.0 Å². The summed E-state index contributed by atoms with van der Waals surface area (Å²) < 4.78 is 28.8. The Morgan fingerprint density at radius 1 is 0.944 bits per heavy atom.